The fraction of sp³-hybridized carbons (Fsp3) is 0.0625. The monoisotopic (exact) mass is 318 g/mol. The molecule has 0 radical (unpaired) electrons. The number of rotatable bonds is 4. The summed E-state index contributed by atoms with van der Waals surface area (Å²) in [5, 5.41) is 38.1. The van der Waals surface area contributed by atoms with Crippen molar-refractivity contribution in [1.29, 1.82) is 0 Å². The zero-order chi connectivity index (χ0) is 16.3. The Morgan fingerprint density at radius 2 is 1.55 bits per heavy atom. The molecule has 0 aliphatic rings. The van der Waals surface area contributed by atoms with Gasteiger partial charge in [0.25, 0.3) is 0 Å². The van der Waals surface area contributed by atoms with Crippen molar-refractivity contribution in [2.75, 3.05) is 6.26 Å². The van der Waals surface area contributed by atoms with Crippen molar-refractivity contribution >= 4 is 23.6 Å². The van der Waals surface area contributed by atoms with Crippen molar-refractivity contribution < 1.29 is 25.2 Å². The minimum Gasteiger partial charge on any atom is -0.504 e. The summed E-state index contributed by atoms with van der Waals surface area (Å²) in [5.74, 6) is -2.75. The first kappa shape index (κ1) is 15.8. The van der Waals surface area contributed by atoms with Crippen LogP contribution in [0.4, 0.5) is 0 Å². The lowest BCUT2D eigenvalue weighted by Crippen LogP contribution is -1.93. The minimum absolute atomic E-state index is 0.230. The fourth-order valence-corrected chi connectivity index (χ4v) is 2.23. The number of phenolic OH excluding ortho intramolecular Hbond substituents is 4. The van der Waals surface area contributed by atoms with Gasteiger partial charge in [-0.15, -0.1) is 11.8 Å². The smallest absolute Gasteiger partial charge is 0.185 e. The van der Waals surface area contributed by atoms with Crippen LogP contribution in [0.2, 0.25) is 0 Å². The van der Waals surface area contributed by atoms with Gasteiger partial charge in [-0.1, -0.05) is 0 Å². The molecule has 0 heterocycles. The Hall–Kier alpha value is -2.60. The third kappa shape index (κ3) is 3.17. The van der Waals surface area contributed by atoms with Crippen LogP contribution >= 0.6 is 11.8 Å². The summed E-state index contributed by atoms with van der Waals surface area (Å²) in [6, 6.07) is 7.75. The molecule has 2 aromatic rings. The molecule has 22 heavy (non-hydrogen) atoms. The first-order chi connectivity index (χ1) is 10.4. The second-order valence-corrected chi connectivity index (χ2v) is 5.33. The molecule has 0 spiro atoms. The van der Waals surface area contributed by atoms with Gasteiger partial charge >= 0.3 is 0 Å². The number of ketones is 1. The van der Waals surface area contributed by atoms with Crippen molar-refractivity contribution in [1.82, 2.24) is 0 Å². The second kappa shape index (κ2) is 6.44. The quantitative estimate of drug-likeness (QED) is 0.227. The average Bonchev–Trinajstić information content (AvgIpc) is 2.53. The zero-order valence-corrected chi connectivity index (χ0v) is 12.5. The number of hydrogen-bond donors (Lipinski definition) is 4. The standard InChI is InChI=1S/C16H14O5S/c1-22-10-4-2-9(3-5-10)12(17)7-6-11-15(20)13(18)8-14(19)16(11)21/h2-8,18-21H,1H3. The summed E-state index contributed by atoms with van der Waals surface area (Å²) in [5.41, 5.74) is 0.212. The van der Waals surface area contributed by atoms with Crippen LogP contribution in [0.3, 0.4) is 0 Å². The summed E-state index contributed by atoms with van der Waals surface area (Å²) in [6.45, 7) is 0. The van der Waals surface area contributed by atoms with Crippen molar-refractivity contribution in [2.24, 2.45) is 0 Å². The molecule has 0 fully saturated rings. The third-order valence-corrected chi connectivity index (χ3v) is 3.79. The van der Waals surface area contributed by atoms with Crippen molar-refractivity contribution in [3.8, 4) is 23.0 Å². The first-order valence-electron chi connectivity index (χ1n) is 6.27. The number of thioether (sulfide) groups is 1. The molecule has 0 amide bonds. The van der Waals surface area contributed by atoms with Crippen LogP contribution in [0.15, 0.2) is 41.3 Å². The summed E-state index contributed by atoms with van der Waals surface area (Å²) in [7, 11) is 0. The number of carbonyl (C=O) groups is 1. The van der Waals surface area contributed by atoms with E-state index >= 15 is 0 Å². The van der Waals surface area contributed by atoms with E-state index in [0.717, 1.165) is 23.1 Å². The molecule has 0 saturated carbocycles. The van der Waals surface area contributed by atoms with Crippen LogP contribution < -0.4 is 0 Å². The van der Waals surface area contributed by atoms with Crippen LogP contribution in [-0.4, -0.2) is 32.5 Å². The third-order valence-electron chi connectivity index (χ3n) is 3.04. The fourth-order valence-electron chi connectivity index (χ4n) is 1.82. The van der Waals surface area contributed by atoms with Gasteiger partial charge in [0.1, 0.15) is 0 Å². The predicted octanol–water partition coefficient (Wildman–Crippen LogP) is 3.13. The highest BCUT2D eigenvalue weighted by Crippen LogP contribution is 2.42. The zero-order valence-electron chi connectivity index (χ0n) is 11.6. The molecule has 2 rings (SSSR count). The van der Waals surface area contributed by atoms with E-state index in [2.05, 4.69) is 0 Å². The molecule has 0 aliphatic carbocycles. The summed E-state index contributed by atoms with van der Waals surface area (Å²) in [4.78, 5) is 13.1. The van der Waals surface area contributed by atoms with E-state index < -0.39 is 23.0 Å². The molecular weight excluding hydrogens is 304 g/mol. The number of benzene rings is 2. The second-order valence-electron chi connectivity index (χ2n) is 4.45. The van der Waals surface area contributed by atoms with Crippen LogP contribution in [-0.2, 0) is 0 Å². The van der Waals surface area contributed by atoms with E-state index in [4.69, 9.17) is 0 Å². The highest BCUT2D eigenvalue weighted by molar-refractivity contribution is 7.98. The summed E-state index contributed by atoms with van der Waals surface area (Å²) in [6.07, 6.45) is 4.20. The van der Waals surface area contributed by atoms with Crippen LogP contribution in [0.5, 0.6) is 23.0 Å². The van der Waals surface area contributed by atoms with Gasteiger partial charge in [-0.2, -0.15) is 0 Å². The van der Waals surface area contributed by atoms with Gasteiger partial charge in [-0.05, 0) is 42.7 Å². The van der Waals surface area contributed by atoms with Crippen molar-refractivity contribution in [3.63, 3.8) is 0 Å². The van der Waals surface area contributed by atoms with E-state index in [1.54, 1.807) is 36.0 Å². The van der Waals surface area contributed by atoms with E-state index in [1.165, 1.54) is 0 Å². The number of aromatic hydroxyl groups is 4. The van der Waals surface area contributed by atoms with Crippen molar-refractivity contribution in [3.05, 3.63) is 47.5 Å². The average molecular weight is 318 g/mol. The summed E-state index contributed by atoms with van der Waals surface area (Å²) < 4.78 is 0. The van der Waals surface area contributed by atoms with E-state index in [9.17, 15) is 25.2 Å². The Morgan fingerprint density at radius 3 is 2.05 bits per heavy atom. The number of hydrogen-bond acceptors (Lipinski definition) is 6. The lowest BCUT2D eigenvalue weighted by atomic mass is 10.1. The normalized spacial score (nSPS) is 11.0. The molecule has 0 aromatic heterocycles. The van der Waals surface area contributed by atoms with Gasteiger partial charge in [0.2, 0.25) is 0 Å². The van der Waals surface area contributed by atoms with Gasteiger partial charge in [0.05, 0.1) is 5.56 Å². The van der Waals surface area contributed by atoms with E-state index in [1.807, 2.05) is 6.26 Å². The molecule has 0 bridgehead atoms. The Kier molecular flexibility index (Phi) is 4.62. The lowest BCUT2D eigenvalue weighted by molar-refractivity contribution is 0.104. The molecular formula is C16H14O5S. The Balaban J connectivity index is 2.30. The highest BCUT2D eigenvalue weighted by atomic mass is 32.2. The Bertz CT molecular complexity index is 709. The highest BCUT2D eigenvalue weighted by Gasteiger charge is 2.15. The number of phenols is 4. The number of carbonyl (C=O) groups excluding carboxylic acids is 1. The van der Waals surface area contributed by atoms with Gasteiger partial charge < -0.3 is 20.4 Å². The topological polar surface area (TPSA) is 98.0 Å². The molecule has 5 nitrogen and oxygen atoms in total. The molecule has 4 N–H and O–H groups in total. The predicted molar refractivity (Wildman–Crippen MR) is 84.7 cm³/mol. The molecule has 0 saturated heterocycles. The van der Waals surface area contributed by atoms with Gasteiger partial charge in [-0.25, -0.2) is 0 Å². The first-order valence-corrected chi connectivity index (χ1v) is 7.50. The molecule has 0 atom stereocenters. The van der Waals surface area contributed by atoms with E-state index in [-0.39, 0.29) is 11.3 Å². The summed E-state index contributed by atoms with van der Waals surface area (Å²) >= 11 is 1.56. The molecule has 114 valence electrons. The molecule has 0 aliphatic heterocycles. The van der Waals surface area contributed by atoms with Crippen LogP contribution in [0, 0.1) is 0 Å². The maximum Gasteiger partial charge on any atom is 0.185 e. The maximum atomic E-state index is 12.0. The van der Waals surface area contributed by atoms with Crippen LogP contribution in [0.25, 0.3) is 6.08 Å². The molecule has 6 heteroatoms. The Morgan fingerprint density at radius 1 is 1.00 bits per heavy atom. The molecule has 0 unspecified atom stereocenters. The number of allylic oxidation sites excluding steroid dienone is 1. The lowest BCUT2D eigenvalue weighted by Gasteiger charge is -2.06. The van der Waals surface area contributed by atoms with E-state index in [0.29, 0.717) is 5.56 Å². The Labute approximate surface area is 131 Å². The largest absolute Gasteiger partial charge is 0.504 e. The van der Waals surface area contributed by atoms with Crippen molar-refractivity contribution in [2.45, 2.75) is 4.90 Å². The van der Waals surface area contributed by atoms with Crippen LogP contribution in [0.1, 0.15) is 15.9 Å². The molecule has 2 aromatic carbocycles. The van der Waals surface area contributed by atoms with Gasteiger partial charge in [0, 0.05) is 16.5 Å². The minimum atomic E-state index is -0.614. The maximum absolute atomic E-state index is 12.0. The van der Waals surface area contributed by atoms with Gasteiger partial charge in [0.15, 0.2) is 28.8 Å². The SMILES string of the molecule is CSc1ccc(C(=O)C=Cc2c(O)c(O)cc(O)c2O)cc1. The van der Waals surface area contributed by atoms with Gasteiger partial charge in [-0.3, -0.25) is 4.79 Å².